The first kappa shape index (κ1) is 15.4. The van der Waals surface area contributed by atoms with Crippen LogP contribution in [0.15, 0.2) is 24.3 Å². The molecule has 1 fully saturated rings. The van der Waals surface area contributed by atoms with Gasteiger partial charge in [-0.3, -0.25) is 0 Å². The highest BCUT2D eigenvalue weighted by molar-refractivity contribution is 5.28. The molecule has 0 radical (unpaired) electrons. The van der Waals surface area contributed by atoms with Gasteiger partial charge in [-0.2, -0.15) is 0 Å². The number of ether oxygens (including phenoxy) is 1. The molecule has 2 nitrogen and oxygen atoms in total. The Morgan fingerprint density at radius 1 is 1.25 bits per heavy atom. The van der Waals surface area contributed by atoms with Crippen LogP contribution >= 0.6 is 0 Å². The van der Waals surface area contributed by atoms with Gasteiger partial charge in [-0.1, -0.05) is 39.3 Å². The van der Waals surface area contributed by atoms with Crippen LogP contribution in [0.4, 0.5) is 0 Å². The smallest absolute Gasteiger partial charge is 0.119 e. The number of hydrogen-bond acceptors (Lipinski definition) is 2. The molecule has 1 aliphatic carbocycles. The van der Waals surface area contributed by atoms with Crippen LogP contribution in [0, 0.1) is 11.8 Å². The fraction of sp³-hybridized carbons (Fsp3) is 0.667. The van der Waals surface area contributed by atoms with Crippen LogP contribution in [0.25, 0.3) is 0 Å². The Morgan fingerprint density at radius 3 is 2.80 bits per heavy atom. The molecule has 0 aromatic heterocycles. The van der Waals surface area contributed by atoms with Crippen LogP contribution in [-0.4, -0.2) is 12.6 Å². The van der Waals surface area contributed by atoms with Crippen molar-refractivity contribution in [1.29, 1.82) is 0 Å². The number of rotatable bonds is 7. The van der Waals surface area contributed by atoms with Gasteiger partial charge in [0.15, 0.2) is 0 Å². The lowest BCUT2D eigenvalue weighted by atomic mass is 9.93. The third-order valence-electron chi connectivity index (χ3n) is 4.69. The van der Waals surface area contributed by atoms with Gasteiger partial charge in [0.05, 0.1) is 6.61 Å². The zero-order valence-corrected chi connectivity index (χ0v) is 13.2. The fourth-order valence-corrected chi connectivity index (χ4v) is 3.33. The second kappa shape index (κ2) is 7.68. The molecular weight excluding hydrogens is 246 g/mol. The standard InChI is InChI=1S/C18H29NO/c1-4-11-20-17-8-6-7-15(12-17)13-19-18-10-9-16(5-2)14(18)3/h6-8,12,14,16,18-19H,4-5,9-11,13H2,1-3H3. The van der Waals surface area contributed by atoms with Crippen molar-refractivity contribution in [2.75, 3.05) is 6.61 Å². The molecule has 2 heteroatoms. The summed E-state index contributed by atoms with van der Waals surface area (Å²) in [6, 6.07) is 9.17. The molecular formula is C18H29NO. The van der Waals surface area contributed by atoms with E-state index in [9.17, 15) is 0 Å². The predicted molar refractivity (Wildman–Crippen MR) is 85.0 cm³/mol. The monoisotopic (exact) mass is 275 g/mol. The SMILES string of the molecule is CCCOc1cccc(CNC2CCC(CC)C2C)c1. The fourth-order valence-electron chi connectivity index (χ4n) is 3.33. The Kier molecular flexibility index (Phi) is 5.90. The van der Waals surface area contributed by atoms with Crippen molar-refractivity contribution in [2.45, 2.75) is 59.0 Å². The van der Waals surface area contributed by atoms with Crippen molar-refractivity contribution >= 4 is 0 Å². The first-order valence-electron chi connectivity index (χ1n) is 8.19. The maximum absolute atomic E-state index is 5.70. The zero-order valence-electron chi connectivity index (χ0n) is 13.2. The quantitative estimate of drug-likeness (QED) is 0.797. The summed E-state index contributed by atoms with van der Waals surface area (Å²) in [7, 11) is 0. The van der Waals surface area contributed by atoms with Crippen molar-refractivity contribution in [1.82, 2.24) is 5.32 Å². The molecule has 0 heterocycles. The highest BCUT2D eigenvalue weighted by Crippen LogP contribution is 2.34. The van der Waals surface area contributed by atoms with Gasteiger partial charge >= 0.3 is 0 Å². The molecule has 3 unspecified atom stereocenters. The van der Waals surface area contributed by atoms with Gasteiger partial charge in [-0.25, -0.2) is 0 Å². The average molecular weight is 275 g/mol. The molecule has 0 saturated heterocycles. The third kappa shape index (κ3) is 3.99. The molecule has 1 aliphatic rings. The summed E-state index contributed by atoms with van der Waals surface area (Å²) in [5.74, 6) is 2.71. The first-order chi connectivity index (χ1) is 9.74. The molecule has 0 amide bonds. The van der Waals surface area contributed by atoms with Crippen LogP contribution in [0.1, 0.15) is 52.0 Å². The zero-order chi connectivity index (χ0) is 14.4. The molecule has 0 bridgehead atoms. The second-order valence-electron chi connectivity index (χ2n) is 6.09. The molecule has 1 N–H and O–H groups in total. The van der Waals surface area contributed by atoms with Crippen molar-refractivity contribution < 1.29 is 4.74 Å². The van der Waals surface area contributed by atoms with Gasteiger partial charge in [0, 0.05) is 12.6 Å². The van der Waals surface area contributed by atoms with E-state index in [-0.39, 0.29) is 0 Å². The Morgan fingerprint density at radius 2 is 2.10 bits per heavy atom. The molecule has 20 heavy (non-hydrogen) atoms. The van der Waals surface area contributed by atoms with E-state index in [0.717, 1.165) is 37.2 Å². The van der Waals surface area contributed by atoms with Gasteiger partial charge in [-0.15, -0.1) is 0 Å². The van der Waals surface area contributed by atoms with Crippen molar-refractivity contribution in [3.63, 3.8) is 0 Å². The summed E-state index contributed by atoms with van der Waals surface area (Å²) in [5, 5.41) is 3.74. The van der Waals surface area contributed by atoms with Crippen LogP contribution in [0.3, 0.4) is 0 Å². The molecule has 1 aromatic carbocycles. The maximum Gasteiger partial charge on any atom is 0.119 e. The van der Waals surface area contributed by atoms with Crippen molar-refractivity contribution in [3.8, 4) is 5.75 Å². The van der Waals surface area contributed by atoms with E-state index in [1.807, 2.05) is 6.07 Å². The van der Waals surface area contributed by atoms with E-state index in [1.165, 1.54) is 24.8 Å². The molecule has 0 spiro atoms. The Balaban J connectivity index is 1.85. The second-order valence-corrected chi connectivity index (χ2v) is 6.09. The van der Waals surface area contributed by atoms with Crippen LogP contribution in [0.2, 0.25) is 0 Å². The first-order valence-corrected chi connectivity index (χ1v) is 8.19. The van der Waals surface area contributed by atoms with Gasteiger partial charge in [0.25, 0.3) is 0 Å². The van der Waals surface area contributed by atoms with Crippen LogP contribution in [-0.2, 0) is 6.54 Å². The van der Waals surface area contributed by atoms with Crippen LogP contribution in [0.5, 0.6) is 5.75 Å². The highest BCUT2D eigenvalue weighted by atomic mass is 16.5. The van der Waals surface area contributed by atoms with Gasteiger partial charge in [0.2, 0.25) is 0 Å². The summed E-state index contributed by atoms with van der Waals surface area (Å²) in [5.41, 5.74) is 1.32. The van der Waals surface area contributed by atoms with E-state index < -0.39 is 0 Å². The molecule has 2 rings (SSSR count). The van der Waals surface area contributed by atoms with Crippen LogP contribution < -0.4 is 10.1 Å². The highest BCUT2D eigenvalue weighted by Gasteiger charge is 2.30. The number of nitrogens with one attached hydrogen (secondary N) is 1. The topological polar surface area (TPSA) is 21.3 Å². The Bertz CT molecular complexity index is 404. The van der Waals surface area contributed by atoms with E-state index >= 15 is 0 Å². The summed E-state index contributed by atoms with van der Waals surface area (Å²) in [4.78, 5) is 0. The number of benzene rings is 1. The molecule has 0 aliphatic heterocycles. The van der Waals surface area contributed by atoms with E-state index in [1.54, 1.807) is 0 Å². The third-order valence-corrected chi connectivity index (χ3v) is 4.69. The average Bonchev–Trinajstić information content (AvgIpc) is 2.84. The predicted octanol–water partition coefficient (Wildman–Crippen LogP) is 4.39. The Hall–Kier alpha value is -1.02. The lowest BCUT2D eigenvalue weighted by Gasteiger charge is -2.21. The summed E-state index contributed by atoms with van der Waals surface area (Å²) < 4.78 is 5.70. The largest absolute Gasteiger partial charge is 0.494 e. The number of hydrogen-bond donors (Lipinski definition) is 1. The molecule has 112 valence electrons. The van der Waals surface area contributed by atoms with E-state index in [0.29, 0.717) is 6.04 Å². The van der Waals surface area contributed by atoms with E-state index in [4.69, 9.17) is 4.74 Å². The van der Waals surface area contributed by atoms with Crippen molar-refractivity contribution in [2.24, 2.45) is 11.8 Å². The van der Waals surface area contributed by atoms with Gasteiger partial charge < -0.3 is 10.1 Å². The van der Waals surface area contributed by atoms with Gasteiger partial charge in [0.1, 0.15) is 5.75 Å². The molecule has 3 atom stereocenters. The maximum atomic E-state index is 5.70. The minimum Gasteiger partial charge on any atom is -0.494 e. The van der Waals surface area contributed by atoms with Gasteiger partial charge in [-0.05, 0) is 48.8 Å². The summed E-state index contributed by atoms with van der Waals surface area (Å²) in [6.45, 7) is 8.61. The molecule has 1 saturated carbocycles. The molecule has 1 aromatic rings. The summed E-state index contributed by atoms with van der Waals surface area (Å²) in [6.07, 6.45) is 5.08. The minimum atomic E-state index is 0.681. The van der Waals surface area contributed by atoms with Crippen molar-refractivity contribution in [3.05, 3.63) is 29.8 Å². The lowest BCUT2D eigenvalue weighted by molar-refractivity contribution is 0.316. The Labute approximate surface area is 123 Å². The summed E-state index contributed by atoms with van der Waals surface area (Å²) >= 11 is 0. The lowest BCUT2D eigenvalue weighted by Crippen LogP contribution is -2.32. The normalized spacial score (nSPS) is 25.9. The van der Waals surface area contributed by atoms with E-state index in [2.05, 4.69) is 44.3 Å². The minimum absolute atomic E-state index is 0.681.